The van der Waals surface area contributed by atoms with Crippen molar-refractivity contribution in [3.05, 3.63) is 241 Å². The fourth-order valence-electron chi connectivity index (χ4n) is 11.2. The van der Waals surface area contributed by atoms with Crippen molar-refractivity contribution in [2.24, 2.45) is 4.99 Å². The number of aromatic nitrogens is 4. The second-order valence-corrected chi connectivity index (χ2v) is 35.1. The molecule has 12 nitrogen and oxygen atoms in total. The zero-order chi connectivity index (χ0) is 75.2. The number of nitrogens with zero attached hydrogens (tertiary/aromatic N) is 8. The number of aliphatic carboxylic acids is 1. The molecule has 4 aromatic heterocycles. The largest absolute Gasteiger partial charge is 0.481 e. The van der Waals surface area contributed by atoms with Crippen LogP contribution < -0.4 is 33.0 Å². The summed E-state index contributed by atoms with van der Waals surface area (Å²) in [5.74, 6) is 6.03. The Labute approximate surface area is 678 Å². The number of halogens is 2. The van der Waals surface area contributed by atoms with Gasteiger partial charge in [0.25, 0.3) is 5.97 Å². The molecule has 0 amide bonds. The molecule has 1 aliphatic carbocycles. The Kier molecular flexibility index (Phi) is 51.8. The number of allylic oxidation sites excluding steroid dienone is 2. The zero-order valence-corrected chi connectivity index (χ0v) is 70.7. The quantitative estimate of drug-likeness (QED) is 0.0127. The summed E-state index contributed by atoms with van der Waals surface area (Å²) in [6.45, 7) is 23.7. The standard InChI is InChI=1S/C38H44N4S2.C16H22N2S2.C11H13NO.C6H6N.C5H10.C4H8Br2S2.C3H8O.C2H4O2.CH4/c1-3-23-41(35(9-1)17-11-33-13-19-37(20-14-33)39-25-5-6-26-39)29-31-43-44-32-30-42-24-4-2-10-36(42)18-12-34-15-21-38(22-16-34)40-27-7-8-28-40;1-15-7-3-5-9-17(15)11-13-19-20-14-12-18-10-6-4-8-16(18)2;13-9-10-3-5-11(6-4-10)12-7-1-2-8-12;1-6-4-2-3-5-7-6;1-2-4-5-3-1;5-1-3-7-8-4-2-6;1-3(2)4;1-2(3)4;/h1-4,9-24H,5-8,25-32H2;3-10H,11-14H2,1-2H3;3-6,9H,1-2,7-8H2;2-5H,1H2;1-5H2;1-4H2;3-4H,1-2H3;1H3,(H,3,4);1H4/q2*+2;;+1;;;;;. The van der Waals surface area contributed by atoms with Gasteiger partial charge in [0.05, 0.1) is 41.7 Å². The Balaban J connectivity index is 0.000000313. The lowest BCUT2D eigenvalue weighted by Crippen LogP contribution is -2.38. The summed E-state index contributed by atoms with van der Waals surface area (Å²) in [7, 11) is 11.7. The molecule has 0 atom stereocenters. The van der Waals surface area contributed by atoms with Gasteiger partial charge in [-0.05, 0) is 136 Å². The number of carbonyl (C=O) groups is 2. The van der Waals surface area contributed by atoms with Crippen molar-refractivity contribution in [3.63, 3.8) is 0 Å². The van der Waals surface area contributed by atoms with Gasteiger partial charge in [-0.25, -0.2) is 14.1 Å². The van der Waals surface area contributed by atoms with E-state index in [1.807, 2.05) is 108 Å². The molecular formula is C86H119Br2N8O4S6+5. The predicted octanol–water partition coefficient (Wildman–Crippen LogP) is 20.5. The Hall–Kier alpha value is -5.68. The highest BCUT2D eigenvalue weighted by molar-refractivity contribution is 9.09. The summed E-state index contributed by atoms with van der Waals surface area (Å²) in [4.78, 5) is 30.6. The molecule has 106 heavy (non-hydrogen) atoms. The first-order valence-electron chi connectivity index (χ1n) is 37.0. The lowest BCUT2D eigenvalue weighted by Gasteiger charge is -2.17. The van der Waals surface area contributed by atoms with E-state index < -0.39 is 5.97 Å². The molecule has 4 aliphatic heterocycles. The predicted molar refractivity (Wildman–Crippen MR) is 477 cm³/mol. The molecule has 20 heteroatoms. The van der Waals surface area contributed by atoms with Crippen LogP contribution >= 0.6 is 96.6 Å². The molecule has 3 saturated heterocycles. The molecule has 4 fully saturated rings. The molecule has 8 heterocycles. The topological polar surface area (TPSA) is 112 Å². The van der Waals surface area contributed by atoms with Gasteiger partial charge in [0, 0.05) is 184 Å². The van der Waals surface area contributed by atoms with Gasteiger partial charge in [-0.1, -0.05) is 173 Å². The number of aliphatic hydroxyl groups excluding tert-OH is 1. The number of benzene rings is 3. The van der Waals surface area contributed by atoms with Crippen LogP contribution in [0, 0.1) is 20.3 Å². The van der Waals surface area contributed by atoms with Gasteiger partial charge in [-0.3, -0.25) is 9.59 Å². The van der Waals surface area contributed by atoms with Gasteiger partial charge in [0.15, 0.2) is 68.1 Å². The van der Waals surface area contributed by atoms with Gasteiger partial charge < -0.3 is 24.9 Å². The van der Waals surface area contributed by atoms with Crippen LogP contribution in [-0.2, 0) is 31.0 Å². The fraction of sp³-hybridized carbons (Fsp3) is 0.419. The highest BCUT2D eigenvalue weighted by atomic mass is 79.9. The summed E-state index contributed by atoms with van der Waals surface area (Å²) in [5, 5.41) is 17.7. The maximum atomic E-state index is 10.4. The van der Waals surface area contributed by atoms with E-state index in [2.05, 4.69) is 261 Å². The Morgan fingerprint density at radius 3 is 1.08 bits per heavy atom. The van der Waals surface area contributed by atoms with E-state index in [4.69, 9.17) is 15.0 Å². The monoisotopic (exact) mass is 1680 g/mol. The number of hydrogen-bond acceptors (Lipinski definition) is 13. The molecule has 0 radical (unpaired) electrons. The summed E-state index contributed by atoms with van der Waals surface area (Å²) in [6, 6.07) is 51.4. The molecule has 5 aliphatic rings. The molecule has 1 saturated carbocycles. The van der Waals surface area contributed by atoms with Crippen molar-refractivity contribution >= 4 is 156 Å². The highest BCUT2D eigenvalue weighted by Crippen LogP contribution is 2.26. The first-order valence-corrected chi connectivity index (χ1v) is 46.7. The van der Waals surface area contributed by atoms with E-state index in [0.717, 1.165) is 97.4 Å². The Morgan fingerprint density at radius 1 is 0.491 bits per heavy atom. The summed E-state index contributed by atoms with van der Waals surface area (Å²) in [6.07, 6.45) is 41.0. The number of carbonyl (C=O) groups excluding carboxylic acids is 1. The van der Waals surface area contributed by atoms with Crippen LogP contribution in [0.5, 0.6) is 0 Å². The minimum Gasteiger partial charge on any atom is -0.481 e. The SMILES string of the molecule is BrCCSSCCBr.C.C(=C\c1cccc[n+]1CCSSCC[n+]1ccccc1/C=C/c1ccc(N2CCCC2)cc1)/c1ccc(N2CCCC2)cc1.C1CCCC1.C=C1[CH+]C=CC=N1.CC(=O)O.CC(C)O.Cc1cccc[n+]1CCSSCC[n+]1ccccc1C.O=Cc1ccc(N2CCCC2)cc1. The van der Waals surface area contributed by atoms with Crippen molar-refractivity contribution in [2.45, 2.75) is 145 Å². The second kappa shape index (κ2) is 59.2. The number of rotatable bonds is 27. The number of aryl methyl sites for hydroxylation is 6. The number of aliphatic hydroxyl groups is 1. The second-order valence-electron chi connectivity index (χ2n) is 25.4. The van der Waals surface area contributed by atoms with Crippen molar-refractivity contribution < 1.29 is 38.1 Å². The lowest BCUT2D eigenvalue weighted by molar-refractivity contribution is -0.698. The van der Waals surface area contributed by atoms with Crippen LogP contribution in [0.1, 0.15) is 143 Å². The molecule has 0 bridgehead atoms. The van der Waals surface area contributed by atoms with Gasteiger partial charge in [-0.2, -0.15) is 9.13 Å². The smallest absolute Gasteiger partial charge is 0.300 e. The Bertz CT molecular complexity index is 3420. The molecule has 2 N–H and O–H groups in total. The number of alkyl halides is 2. The third-order valence-electron chi connectivity index (χ3n) is 16.6. The molecule has 0 unspecified atom stereocenters. The molecule has 7 aromatic rings. The summed E-state index contributed by atoms with van der Waals surface area (Å²) in [5.41, 5.74) is 13.1. The average molecular weight is 1680 g/mol. The minimum absolute atomic E-state index is 0. The lowest BCUT2D eigenvalue weighted by atomic mass is 10.1. The zero-order valence-electron chi connectivity index (χ0n) is 62.6. The van der Waals surface area contributed by atoms with Crippen LogP contribution in [0.3, 0.4) is 0 Å². The fourth-order valence-corrected chi connectivity index (χ4v) is 18.9. The van der Waals surface area contributed by atoms with E-state index in [1.54, 1.807) is 20.1 Å². The van der Waals surface area contributed by atoms with Crippen molar-refractivity contribution in [2.75, 3.05) is 99.1 Å². The number of carboxylic acid groups (broad SMARTS) is 1. The molecular weight excluding hydrogens is 1560 g/mol. The average Bonchev–Trinajstić information content (AvgIpc) is 1.71. The van der Waals surface area contributed by atoms with Crippen LogP contribution in [0.15, 0.2) is 200 Å². The van der Waals surface area contributed by atoms with Crippen molar-refractivity contribution in [1.29, 1.82) is 0 Å². The Morgan fingerprint density at radius 2 is 0.792 bits per heavy atom. The van der Waals surface area contributed by atoms with Crippen LogP contribution in [0.2, 0.25) is 0 Å². The van der Waals surface area contributed by atoms with E-state index >= 15 is 0 Å². The number of carboxylic acids is 1. The first kappa shape index (κ1) is 92.7. The molecule has 0 spiro atoms. The maximum Gasteiger partial charge on any atom is 0.300 e. The van der Waals surface area contributed by atoms with Gasteiger partial charge in [0.1, 0.15) is 6.29 Å². The van der Waals surface area contributed by atoms with E-state index in [1.165, 1.54) is 159 Å². The van der Waals surface area contributed by atoms with E-state index in [-0.39, 0.29) is 13.5 Å². The maximum absolute atomic E-state index is 10.4. The first-order chi connectivity index (χ1) is 51.3. The number of anilines is 3. The van der Waals surface area contributed by atoms with Crippen LogP contribution in [0.4, 0.5) is 17.1 Å². The van der Waals surface area contributed by atoms with Crippen molar-refractivity contribution in [3.8, 4) is 0 Å². The van der Waals surface area contributed by atoms with E-state index in [0.29, 0.717) is 0 Å². The highest BCUT2D eigenvalue weighted by Gasteiger charge is 2.16. The number of dihydropyridines is 1. The number of hydrogen-bond donors (Lipinski definition) is 2. The van der Waals surface area contributed by atoms with Gasteiger partial charge in [-0.15, -0.1) is 0 Å². The normalized spacial score (nSPS) is 13.9. The van der Waals surface area contributed by atoms with Crippen LogP contribution in [-0.4, -0.2) is 119 Å². The third-order valence-corrected chi connectivity index (χ3v) is 25.6. The molecule has 12 rings (SSSR count). The minimum atomic E-state index is -0.833. The van der Waals surface area contributed by atoms with Gasteiger partial charge in [0.2, 0.25) is 11.4 Å². The summed E-state index contributed by atoms with van der Waals surface area (Å²) >= 11 is 6.71. The molecule has 3 aromatic carbocycles. The number of aliphatic imine (C=N–C) groups is 1. The van der Waals surface area contributed by atoms with Gasteiger partial charge >= 0.3 is 0 Å². The van der Waals surface area contributed by atoms with E-state index in [9.17, 15) is 4.79 Å². The van der Waals surface area contributed by atoms with Crippen LogP contribution in [0.25, 0.3) is 24.3 Å². The number of pyridine rings is 4. The third kappa shape index (κ3) is 41.8. The molecule has 572 valence electrons. The van der Waals surface area contributed by atoms with Crippen molar-refractivity contribution in [1.82, 2.24) is 0 Å². The number of aldehydes is 1. The summed E-state index contributed by atoms with van der Waals surface area (Å²) < 4.78 is 9.33.